The second kappa shape index (κ2) is 16.8. The van der Waals surface area contributed by atoms with Gasteiger partial charge in [0.25, 0.3) is 0 Å². The molecular weight excluding hydrogens is 436 g/mol. The zero-order valence-corrected chi connectivity index (χ0v) is 22.9. The fourth-order valence-electron chi connectivity index (χ4n) is 3.83. The predicted molar refractivity (Wildman–Crippen MR) is 149 cm³/mol. The summed E-state index contributed by atoms with van der Waals surface area (Å²) in [4.78, 5) is 26.9. The van der Waals surface area contributed by atoms with Crippen molar-refractivity contribution >= 4 is 23.2 Å². The molecule has 2 rings (SSSR count). The van der Waals surface area contributed by atoms with E-state index >= 15 is 0 Å². The summed E-state index contributed by atoms with van der Waals surface area (Å²) in [7, 11) is 0. The molecule has 0 aromatic heterocycles. The van der Waals surface area contributed by atoms with Crippen LogP contribution in [0.3, 0.4) is 0 Å². The number of amides is 2. The summed E-state index contributed by atoms with van der Waals surface area (Å²) in [5.41, 5.74) is 6.12. The number of carbonyl (C=O) groups excluding carboxylic acids is 2. The van der Waals surface area contributed by atoms with Crippen molar-refractivity contribution < 1.29 is 9.59 Å². The van der Waals surface area contributed by atoms with Gasteiger partial charge in [0.05, 0.1) is 6.54 Å². The number of hydrogen-bond donors (Lipinski definition) is 3. The molecular formula is C29H46N4O2. The van der Waals surface area contributed by atoms with Gasteiger partial charge in [0.1, 0.15) is 0 Å². The van der Waals surface area contributed by atoms with E-state index in [1.54, 1.807) is 0 Å². The quantitative estimate of drug-likeness (QED) is 0.344. The molecule has 0 aliphatic heterocycles. The molecule has 0 bridgehead atoms. The maximum atomic E-state index is 12.5. The van der Waals surface area contributed by atoms with Crippen molar-refractivity contribution in [3.8, 4) is 0 Å². The number of benzene rings is 2. The van der Waals surface area contributed by atoms with Crippen molar-refractivity contribution in [1.29, 1.82) is 0 Å². The van der Waals surface area contributed by atoms with Crippen LogP contribution >= 0.6 is 0 Å². The van der Waals surface area contributed by atoms with Crippen molar-refractivity contribution in [2.75, 3.05) is 43.4 Å². The SMILES string of the molecule is CCN(CCCCC(=O)Nc1c(C)cccc1C)CC(=O)Nc1c(C)cccc1C.CCNCC. The van der Waals surface area contributed by atoms with Crippen LogP contribution in [0.4, 0.5) is 11.4 Å². The van der Waals surface area contributed by atoms with Gasteiger partial charge in [0.15, 0.2) is 0 Å². The molecule has 0 fully saturated rings. The highest BCUT2D eigenvalue weighted by molar-refractivity contribution is 5.94. The summed E-state index contributed by atoms with van der Waals surface area (Å²) in [5, 5.41) is 9.19. The Balaban J connectivity index is 0.00000111. The van der Waals surface area contributed by atoms with Gasteiger partial charge in [0, 0.05) is 17.8 Å². The van der Waals surface area contributed by atoms with E-state index in [0.717, 1.165) is 72.6 Å². The standard InChI is InChI=1S/C25H35N3O2.C4H11N/c1-6-28(17-23(30)27-25-20(4)13-10-14-21(25)5)16-8-7-15-22(29)26-24-18(2)11-9-12-19(24)3;1-3-5-4-2/h9-14H,6-8,15-17H2,1-5H3,(H,26,29)(H,27,30);5H,3-4H2,1-2H3. The molecule has 0 radical (unpaired) electrons. The summed E-state index contributed by atoms with van der Waals surface area (Å²) < 4.78 is 0. The van der Waals surface area contributed by atoms with Gasteiger partial charge in [-0.05, 0) is 89.0 Å². The lowest BCUT2D eigenvalue weighted by atomic mass is 10.1. The van der Waals surface area contributed by atoms with Gasteiger partial charge in [-0.15, -0.1) is 0 Å². The Morgan fingerprint density at radius 3 is 1.57 bits per heavy atom. The van der Waals surface area contributed by atoms with E-state index in [2.05, 4.69) is 41.6 Å². The number of aryl methyl sites for hydroxylation is 4. The first-order valence-corrected chi connectivity index (χ1v) is 12.9. The predicted octanol–water partition coefficient (Wildman–Crippen LogP) is 5.61. The first-order chi connectivity index (χ1) is 16.7. The van der Waals surface area contributed by atoms with Gasteiger partial charge in [-0.2, -0.15) is 0 Å². The number of nitrogens with one attached hydrogen (secondary N) is 3. The molecule has 0 aliphatic rings. The maximum Gasteiger partial charge on any atom is 0.238 e. The Bertz CT molecular complexity index is 884. The van der Waals surface area contributed by atoms with Crippen molar-refractivity contribution in [2.24, 2.45) is 0 Å². The number of hydrogen-bond acceptors (Lipinski definition) is 4. The summed E-state index contributed by atoms with van der Waals surface area (Å²) >= 11 is 0. The first kappa shape index (κ1) is 30.3. The highest BCUT2D eigenvalue weighted by Crippen LogP contribution is 2.20. The largest absolute Gasteiger partial charge is 0.326 e. The van der Waals surface area contributed by atoms with Gasteiger partial charge >= 0.3 is 0 Å². The Kier molecular flexibility index (Phi) is 14.6. The molecule has 35 heavy (non-hydrogen) atoms. The summed E-state index contributed by atoms with van der Waals surface area (Å²) in [6.45, 7) is 18.4. The number of nitrogens with zero attached hydrogens (tertiary/aromatic N) is 1. The first-order valence-electron chi connectivity index (χ1n) is 12.9. The molecule has 0 heterocycles. The Labute approximate surface area is 212 Å². The van der Waals surface area contributed by atoms with Crippen LogP contribution in [0.1, 0.15) is 62.3 Å². The van der Waals surface area contributed by atoms with Crippen LogP contribution in [0.25, 0.3) is 0 Å². The normalized spacial score (nSPS) is 10.5. The van der Waals surface area contributed by atoms with Crippen LogP contribution in [0.15, 0.2) is 36.4 Å². The number of rotatable bonds is 12. The second-order valence-corrected chi connectivity index (χ2v) is 8.91. The minimum Gasteiger partial charge on any atom is -0.326 e. The van der Waals surface area contributed by atoms with Crippen molar-refractivity contribution in [3.05, 3.63) is 58.7 Å². The minimum atomic E-state index is 0.00187. The fraction of sp³-hybridized carbons (Fsp3) is 0.517. The van der Waals surface area contributed by atoms with Gasteiger partial charge < -0.3 is 16.0 Å². The van der Waals surface area contributed by atoms with Crippen molar-refractivity contribution in [3.63, 3.8) is 0 Å². The fourth-order valence-corrected chi connectivity index (χ4v) is 3.83. The Hall–Kier alpha value is -2.70. The Morgan fingerprint density at radius 1 is 0.714 bits per heavy atom. The van der Waals surface area contributed by atoms with Crippen LogP contribution < -0.4 is 16.0 Å². The molecule has 6 nitrogen and oxygen atoms in total. The average molecular weight is 483 g/mol. The van der Waals surface area contributed by atoms with Crippen LogP contribution in [-0.2, 0) is 9.59 Å². The zero-order valence-electron chi connectivity index (χ0n) is 22.9. The molecule has 3 N–H and O–H groups in total. The third-order valence-corrected chi connectivity index (χ3v) is 5.93. The molecule has 0 unspecified atom stereocenters. The lowest BCUT2D eigenvalue weighted by Crippen LogP contribution is -2.34. The highest BCUT2D eigenvalue weighted by Gasteiger charge is 2.12. The molecule has 6 heteroatoms. The molecule has 2 aromatic carbocycles. The number of para-hydroxylation sites is 2. The minimum absolute atomic E-state index is 0.00187. The third kappa shape index (κ3) is 11.5. The Morgan fingerprint density at radius 2 is 1.17 bits per heavy atom. The maximum absolute atomic E-state index is 12.5. The lowest BCUT2D eigenvalue weighted by molar-refractivity contribution is -0.118. The van der Waals surface area contributed by atoms with E-state index in [1.165, 1.54) is 0 Å². The van der Waals surface area contributed by atoms with Crippen LogP contribution in [0, 0.1) is 27.7 Å². The second-order valence-electron chi connectivity index (χ2n) is 8.91. The zero-order chi connectivity index (χ0) is 26.2. The van der Waals surface area contributed by atoms with E-state index in [1.807, 2.05) is 64.1 Å². The average Bonchev–Trinajstić information content (AvgIpc) is 2.82. The number of likely N-dealkylation sites (N-methyl/N-ethyl adjacent to an activating group) is 1. The van der Waals surface area contributed by atoms with Crippen molar-refractivity contribution in [2.45, 2.75) is 67.7 Å². The van der Waals surface area contributed by atoms with E-state index < -0.39 is 0 Å². The molecule has 0 aliphatic carbocycles. The smallest absolute Gasteiger partial charge is 0.238 e. The molecule has 2 amide bonds. The van der Waals surface area contributed by atoms with Crippen LogP contribution in [0.5, 0.6) is 0 Å². The van der Waals surface area contributed by atoms with Crippen LogP contribution in [-0.4, -0.2) is 49.4 Å². The van der Waals surface area contributed by atoms with E-state index in [0.29, 0.717) is 13.0 Å². The van der Waals surface area contributed by atoms with Gasteiger partial charge in [-0.1, -0.05) is 57.2 Å². The number of anilines is 2. The van der Waals surface area contributed by atoms with E-state index in [9.17, 15) is 9.59 Å². The number of unbranched alkanes of at least 4 members (excludes halogenated alkanes) is 1. The highest BCUT2D eigenvalue weighted by atomic mass is 16.2. The van der Waals surface area contributed by atoms with E-state index in [-0.39, 0.29) is 11.8 Å². The molecule has 0 atom stereocenters. The summed E-state index contributed by atoms with van der Waals surface area (Å²) in [5.74, 6) is 0.0465. The monoisotopic (exact) mass is 482 g/mol. The third-order valence-electron chi connectivity index (χ3n) is 5.93. The number of carbonyl (C=O) groups is 2. The topological polar surface area (TPSA) is 73.5 Å². The molecule has 0 saturated heterocycles. The van der Waals surface area contributed by atoms with E-state index in [4.69, 9.17) is 0 Å². The van der Waals surface area contributed by atoms with Gasteiger partial charge in [-0.25, -0.2) is 0 Å². The molecule has 2 aromatic rings. The molecule has 194 valence electrons. The molecule has 0 spiro atoms. The summed E-state index contributed by atoms with van der Waals surface area (Å²) in [6.07, 6.45) is 2.16. The summed E-state index contributed by atoms with van der Waals surface area (Å²) in [6, 6.07) is 12.0. The lowest BCUT2D eigenvalue weighted by Gasteiger charge is -2.20. The van der Waals surface area contributed by atoms with Crippen LogP contribution in [0.2, 0.25) is 0 Å². The molecule has 0 saturated carbocycles. The van der Waals surface area contributed by atoms with Crippen molar-refractivity contribution in [1.82, 2.24) is 10.2 Å². The van der Waals surface area contributed by atoms with Gasteiger partial charge in [0.2, 0.25) is 11.8 Å². The van der Waals surface area contributed by atoms with Gasteiger partial charge in [-0.3, -0.25) is 14.5 Å².